The monoisotopic (exact) mass is 318 g/mol. The van der Waals surface area contributed by atoms with E-state index in [2.05, 4.69) is 10.6 Å². The topological polar surface area (TPSA) is 67.4 Å². The summed E-state index contributed by atoms with van der Waals surface area (Å²) in [5.74, 6) is 0.0972. The lowest BCUT2D eigenvalue weighted by Crippen LogP contribution is -2.39. The number of carbonyl (C=O) groups excluding carboxylic acids is 2. The van der Waals surface area contributed by atoms with E-state index < -0.39 is 0 Å². The van der Waals surface area contributed by atoms with Crippen LogP contribution in [0.3, 0.4) is 0 Å². The first-order valence-electron chi connectivity index (χ1n) is 6.97. The Balaban J connectivity index is 1.56. The highest BCUT2D eigenvalue weighted by molar-refractivity contribution is 7.09. The zero-order valence-electron chi connectivity index (χ0n) is 12.1. The molecule has 1 heterocycles. The van der Waals surface area contributed by atoms with E-state index in [1.165, 1.54) is 4.88 Å². The molecule has 0 aliphatic heterocycles. The summed E-state index contributed by atoms with van der Waals surface area (Å²) in [5, 5.41) is 7.29. The molecular formula is C16H18N2O3S. The molecule has 5 nitrogen and oxygen atoms in total. The molecule has 22 heavy (non-hydrogen) atoms. The number of para-hydroxylation sites is 1. The van der Waals surface area contributed by atoms with Crippen molar-refractivity contribution in [2.45, 2.75) is 6.42 Å². The highest BCUT2D eigenvalue weighted by atomic mass is 32.1. The van der Waals surface area contributed by atoms with Gasteiger partial charge in [-0.25, -0.2) is 0 Å². The van der Waals surface area contributed by atoms with E-state index in [4.69, 9.17) is 4.74 Å². The number of amides is 2. The number of thiophene rings is 1. The van der Waals surface area contributed by atoms with Gasteiger partial charge >= 0.3 is 0 Å². The quantitative estimate of drug-likeness (QED) is 0.777. The summed E-state index contributed by atoms with van der Waals surface area (Å²) in [4.78, 5) is 24.4. The lowest BCUT2D eigenvalue weighted by molar-refractivity contribution is -0.127. The summed E-state index contributed by atoms with van der Waals surface area (Å²) in [5.41, 5.74) is 0. The average molecular weight is 318 g/mol. The Labute approximate surface area is 133 Å². The molecule has 1 aromatic heterocycles. The minimum Gasteiger partial charge on any atom is -0.484 e. The largest absolute Gasteiger partial charge is 0.484 e. The van der Waals surface area contributed by atoms with Crippen LogP contribution in [0.2, 0.25) is 0 Å². The summed E-state index contributed by atoms with van der Waals surface area (Å²) >= 11 is 1.66. The standard InChI is InChI=1S/C16H18N2O3S/c19-15(17-9-8-14-7-4-10-22-14)11-18-16(20)12-21-13-5-2-1-3-6-13/h1-7,10H,8-9,11-12H2,(H,17,19)(H,18,20). The van der Waals surface area contributed by atoms with Crippen molar-refractivity contribution in [3.8, 4) is 5.75 Å². The minimum absolute atomic E-state index is 0.0403. The van der Waals surface area contributed by atoms with Crippen molar-refractivity contribution in [2.24, 2.45) is 0 Å². The van der Waals surface area contributed by atoms with E-state index in [9.17, 15) is 9.59 Å². The number of carbonyl (C=O) groups is 2. The molecule has 0 bridgehead atoms. The fourth-order valence-electron chi connectivity index (χ4n) is 1.74. The van der Waals surface area contributed by atoms with E-state index in [1.54, 1.807) is 23.5 Å². The highest BCUT2D eigenvalue weighted by Gasteiger charge is 2.06. The Morgan fingerprint density at radius 2 is 1.82 bits per heavy atom. The number of nitrogens with one attached hydrogen (secondary N) is 2. The first-order valence-corrected chi connectivity index (χ1v) is 7.85. The van der Waals surface area contributed by atoms with Gasteiger partial charge in [-0.15, -0.1) is 11.3 Å². The van der Waals surface area contributed by atoms with Crippen molar-refractivity contribution in [3.05, 3.63) is 52.7 Å². The number of hydrogen-bond acceptors (Lipinski definition) is 4. The number of ether oxygens (including phenoxy) is 1. The first-order chi connectivity index (χ1) is 10.7. The van der Waals surface area contributed by atoms with E-state index >= 15 is 0 Å². The van der Waals surface area contributed by atoms with Gasteiger partial charge in [0.2, 0.25) is 5.91 Å². The Hall–Kier alpha value is -2.34. The maximum absolute atomic E-state index is 11.6. The summed E-state index contributed by atoms with van der Waals surface area (Å²) in [6.45, 7) is 0.420. The van der Waals surface area contributed by atoms with Gasteiger partial charge in [0.05, 0.1) is 6.54 Å². The van der Waals surface area contributed by atoms with Crippen LogP contribution in [0.4, 0.5) is 0 Å². The van der Waals surface area contributed by atoms with Crippen LogP contribution in [0.25, 0.3) is 0 Å². The third-order valence-electron chi connectivity index (χ3n) is 2.83. The summed E-state index contributed by atoms with van der Waals surface area (Å²) < 4.78 is 5.29. The first kappa shape index (κ1) is 16.0. The fourth-order valence-corrected chi connectivity index (χ4v) is 2.45. The molecule has 1 aromatic carbocycles. The van der Waals surface area contributed by atoms with Crippen molar-refractivity contribution >= 4 is 23.2 Å². The number of benzene rings is 1. The van der Waals surface area contributed by atoms with Crippen LogP contribution in [-0.4, -0.2) is 31.5 Å². The van der Waals surface area contributed by atoms with Gasteiger partial charge in [-0.05, 0) is 30.0 Å². The summed E-state index contributed by atoms with van der Waals surface area (Å²) in [7, 11) is 0. The molecule has 0 unspecified atom stereocenters. The number of rotatable bonds is 8. The van der Waals surface area contributed by atoms with Crippen LogP contribution in [0.1, 0.15) is 4.88 Å². The molecule has 2 N–H and O–H groups in total. The predicted octanol–water partition coefficient (Wildman–Crippen LogP) is 1.60. The molecule has 2 rings (SSSR count). The Morgan fingerprint density at radius 1 is 1.00 bits per heavy atom. The van der Waals surface area contributed by atoms with Crippen molar-refractivity contribution < 1.29 is 14.3 Å². The van der Waals surface area contributed by atoms with Crippen LogP contribution in [0.5, 0.6) is 5.75 Å². The smallest absolute Gasteiger partial charge is 0.258 e. The number of hydrogen-bond donors (Lipinski definition) is 2. The second-order valence-electron chi connectivity index (χ2n) is 4.56. The molecule has 116 valence electrons. The van der Waals surface area contributed by atoms with Crippen molar-refractivity contribution in [1.29, 1.82) is 0 Å². The second kappa shape index (κ2) is 8.84. The van der Waals surface area contributed by atoms with E-state index in [0.29, 0.717) is 12.3 Å². The Bertz CT molecular complexity index is 585. The molecule has 0 aliphatic rings. The zero-order chi connectivity index (χ0) is 15.6. The van der Waals surface area contributed by atoms with Crippen molar-refractivity contribution in [2.75, 3.05) is 19.7 Å². The molecule has 0 aliphatic carbocycles. The van der Waals surface area contributed by atoms with Gasteiger partial charge in [0.15, 0.2) is 6.61 Å². The van der Waals surface area contributed by atoms with Crippen LogP contribution in [0, 0.1) is 0 Å². The van der Waals surface area contributed by atoms with Gasteiger partial charge in [-0.2, -0.15) is 0 Å². The average Bonchev–Trinajstić information content (AvgIpc) is 3.05. The van der Waals surface area contributed by atoms with Crippen LogP contribution in [0.15, 0.2) is 47.8 Å². The predicted molar refractivity (Wildman–Crippen MR) is 86.0 cm³/mol. The minimum atomic E-state index is -0.322. The maximum Gasteiger partial charge on any atom is 0.258 e. The molecule has 0 saturated carbocycles. The molecule has 6 heteroatoms. The molecule has 0 atom stereocenters. The Morgan fingerprint density at radius 3 is 2.55 bits per heavy atom. The van der Waals surface area contributed by atoms with E-state index in [1.807, 2.05) is 35.7 Å². The third kappa shape index (κ3) is 5.97. The molecule has 0 saturated heterocycles. The van der Waals surface area contributed by atoms with Gasteiger partial charge in [-0.1, -0.05) is 24.3 Å². The normalized spacial score (nSPS) is 10.0. The molecular weight excluding hydrogens is 300 g/mol. The highest BCUT2D eigenvalue weighted by Crippen LogP contribution is 2.08. The lowest BCUT2D eigenvalue weighted by Gasteiger charge is -2.08. The maximum atomic E-state index is 11.6. The molecule has 0 spiro atoms. The third-order valence-corrected chi connectivity index (χ3v) is 3.77. The summed E-state index contributed by atoms with van der Waals surface area (Å²) in [6, 6.07) is 13.1. The van der Waals surface area contributed by atoms with Crippen molar-refractivity contribution in [3.63, 3.8) is 0 Å². The summed E-state index contributed by atoms with van der Waals surface area (Å²) in [6.07, 6.45) is 0.800. The van der Waals surface area contributed by atoms with Gasteiger partial charge in [0, 0.05) is 11.4 Å². The SMILES string of the molecule is O=C(CNC(=O)COc1ccccc1)NCCc1cccs1. The van der Waals surface area contributed by atoms with Crippen molar-refractivity contribution in [1.82, 2.24) is 10.6 Å². The zero-order valence-corrected chi connectivity index (χ0v) is 12.9. The van der Waals surface area contributed by atoms with Gasteiger partial charge in [-0.3, -0.25) is 9.59 Å². The van der Waals surface area contributed by atoms with E-state index in [0.717, 1.165) is 6.42 Å². The molecule has 0 radical (unpaired) electrons. The van der Waals surface area contributed by atoms with Crippen LogP contribution < -0.4 is 15.4 Å². The van der Waals surface area contributed by atoms with E-state index in [-0.39, 0.29) is 25.0 Å². The molecule has 2 aromatic rings. The van der Waals surface area contributed by atoms with Crippen LogP contribution >= 0.6 is 11.3 Å². The van der Waals surface area contributed by atoms with Gasteiger partial charge in [0.1, 0.15) is 5.75 Å². The second-order valence-corrected chi connectivity index (χ2v) is 5.59. The Kier molecular flexibility index (Phi) is 6.44. The fraction of sp³-hybridized carbons (Fsp3) is 0.250. The molecule has 2 amide bonds. The lowest BCUT2D eigenvalue weighted by atomic mass is 10.3. The van der Waals surface area contributed by atoms with Crippen LogP contribution in [-0.2, 0) is 16.0 Å². The molecule has 0 fully saturated rings. The van der Waals surface area contributed by atoms with Gasteiger partial charge < -0.3 is 15.4 Å². The van der Waals surface area contributed by atoms with Gasteiger partial charge in [0.25, 0.3) is 5.91 Å².